The number of amides is 2. The van der Waals surface area contributed by atoms with Crippen molar-refractivity contribution in [2.45, 2.75) is 38.8 Å². The Balaban J connectivity index is 4.04. The molecule has 0 aromatic rings. The number of ether oxygens (including phenoxy) is 1. The van der Waals surface area contributed by atoms with Gasteiger partial charge in [0.1, 0.15) is 6.04 Å². The first-order chi connectivity index (χ1) is 7.51. The Morgan fingerprint density at radius 2 is 2.00 bits per heavy atom. The summed E-state index contributed by atoms with van der Waals surface area (Å²) in [5, 5.41) is 13.8. The number of methoxy groups -OCH3 is 1. The average Bonchev–Trinajstić information content (AvgIpc) is 2.16. The van der Waals surface area contributed by atoms with Crippen LogP contribution in [-0.2, 0) is 9.53 Å². The van der Waals surface area contributed by atoms with Crippen LogP contribution < -0.4 is 10.6 Å². The first kappa shape index (κ1) is 14.7. The lowest BCUT2D eigenvalue weighted by atomic mass is 10.2. The zero-order chi connectivity index (χ0) is 12.6. The molecule has 0 bridgehead atoms. The van der Waals surface area contributed by atoms with Gasteiger partial charge < -0.3 is 20.5 Å². The molecule has 0 aromatic heterocycles. The second kappa shape index (κ2) is 7.92. The van der Waals surface area contributed by atoms with Gasteiger partial charge in [-0.05, 0) is 13.3 Å². The molecule has 6 nitrogen and oxygen atoms in total. The van der Waals surface area contributed by atoms with Crippen LogP contribution in [0.4, 0.5) is 4.79 Å². The molecule has 0 aliphatic carbocycles. The van der Waals surface area contributed by atoms with E-state index < -0.39 is 18.0 Å². The van der Waals surface area contributed by atoms with Crippen molar-refractivity contribution >= 4 is 12.0 Å². The van der Waals surface area contributed by atoms with Gasteiger partial charge in [-0.3, -0.25) is 0 Å². The number of aliphatic carboxylic acids is 1. The van der Waals surface area contributed by atoms with Crippen molar-refractivity contribution in [2.24, 2.45) is 0 Å². The molecule has 2 atom stereocenters. The molecule has 16 heavy (non-hydrogen) atoms. The molecule has 0 aromatic carbocycles. The van der Waals surface area contributed by atoms with E-state index in [1.807, 2.05) is 6.92 Å². The molecule has 0 heterocycles. The highest BCUT2D eigenvalue weighted by Gasteiger charge is 2.19. The van der Waals surface area contributed by atoms with Gasteiger partial charge in [0.25, 0.3) is 0 Å². The molecule has 0 aliphatic heterocycles. The number of carbonyl (C=O) groups excluding carboxylic acids is 1. The lowest BCUT2D eigenvalue weighted by Gasteiger charge is -2.17. The molecule has 0 spiro atoms. The van der Waals surface area contributed by atoms with Crippen molar-refractivity contribution < 1.29 is 19.4 Å². The molecule has 1 unspecified atom stereocenters. The Bertz CT molecular complexity index is 233. The Morgan fingerprint density at radius 1 is 1.38 bits per heavy atom. The van der Waals surface area contributed by atoms with Crippen LogP contribution in [0.25, 0.3) is 0 Å². The minimum atomic E-state index is -1.02. The third kappa shape index (κ3) is 6.23. The Hall–Kier alpha value is -1.30. The highest BCUT2D eigenvalue weighted by atomic mass is 16.5. The van der Waals surface area contributed by atoms with E-state index in [1.165, 1.54) is 7.11 Å². The number of carbonyl (C=O) groups is 2. The van der Waals surface area contributed by atoms with Gasteiger partial charge in [-0.1, -0.05) is 13.3 Å². The van der Waals surface area contributed by atoms with E-state index in [0.717, 1.165) is 0 Å². The van der Waals surface area contributed by atoms with Gasteiger partial charge >= 0.3 is 12.0 Å². The van der Waals surface area contributed by atoms with Crippen LogP contribution in [0.2, 0.25) is 0 Å². The van der Waals surface area contributed by atoms with E-state index in [1.54, 1.807) is 6.92 Å². The molecular formula is C10H20N2O4. The Labute approximate surface area is 95.4 Å². The van der Waals surface area contributed by atoms with E-state index in [2.05, 4.69) is 10.6 Å². The summed E-state index contributed by atoms with van der Waals surface area (Å²) >= 11 is 0. The molecule has 0 saturated heterocycles. The molecule has 6 heteroatoms. The van der Waals surface area contributed by atoms with Crippen LogP contribution in [0.5, 0.6) is 0 Å². The van der Waals surface area contributed by atoms with Gasteiger partial charge in [0.05, 0.1) is 12.6 Å². The van der Waals surface area contributed by atoms with Crippen LogP contribution >= 0.6 is 0 Å². The molecule has 0 aliphatic rings. The maximum Gasteiger partial charge on any atom is 0.326 e. The SMILES string of the molecule is CCC[C@H](NC(=O)NC(C)COC)C(=O)O. The quantitative estimate of drug-likeness (QED) is 0.599. The number of hydrogen-bond donors (Lipinski definition) is 3. The lowest BCUT2D eigenvalue weighted by molar-refractivity contribution is -0.139. The summed E-state index contributed by atoms with van der Waals surface area (Å²) in [6.07, 6.45) is 1.12. The maximum atomic E-state index is 11.4. The zero-order valence-electron chi connectivity index (χ0n) is 9.95. The minimum absolute atomic E-state index is 0.152. The van der Waals surface area contributed by atoms with Gasteiger partial charge in [0.15, 0.2) is 0 Å². The van der Waals surface area contributed by atoms with E-state index >= 15 is 0 Å². The number of urea groups is 1. The van der Waals surface area contributed by atoms with Crippen molar-refractivity contribution in [1.29, 1.82) is 0 Å². The van der Waals surface area contributed by atoms with Crippen molar-refractivity contribution in [2.75, 3.05) is 13.7 Å². The van der Waals surface area contributed by atoms with E-state index in [0.29, 0.717) is 19.4 Å². The number of carboxylic acid groups (broad SMARTS) is 1. The molecule has 0 saturated carbocycles. The molecule has 0 radical (unpaired) electrons. The summed E-state index contributed by atoms with van der Waals surface area (Å²) in [7, 11) is 1.53. The van der Waals surface area contributed by atoms with Crippen LogP contribution in [0.15, 0.2) is 0 Å². The highest BCUT2D eigenvalue weighted by Crippen LogP contribution is 1.96. The normalized spacial score (nSPS) is 13.9. The van der Waals surface area contributed by atoms with Crippen molar-refractivity contribution in [1.82, 2.24) is 10.6 Å². The number of rotatable bonds is 7. The van der Waals surface area contributed by atoms with Crippen molar-refractivity contribution in [3.8, 4) is 0 Å². The standard InChI is InChI=1S/C10H20N2O4/c1-4-5-8(9(13)14)12-10(15)11-7(2)6-16-3/h7-8H,4-6H2,1-3H3,(H,13,14)(H2,11,12,15)/t7?,8-/m0/s1. The number of hydrogen-bond acceptors (Lipinski definition) is 3. The number of carboxylic acids is 1. The average molecular weight is 232 g/mol. The summed E-state index contributed by atoms with van der Waals surface area (Å²) in [6, 6.07) is -1.47. The van der Waals surface area contributed by atoms with Gasteiger partial charge in [-0.2, -0.15) is 0 Å². The van der Waals surface area contributed by atoms with Crippen LogP contribution in [0.3, 0.4) is 0 Å². The smallest absolute Gasteiger partial charge is 0.326 e. The zero-order valence-corrected chi connectivity index (χ0v) is 9.95. The first-order valence-electron chi connectivity index (χ1n) is 5.30. The highest BCUT2D eigenvalue weighted by molar-refractivity contribution is 5.82. The van der Waals surface area contributed by atoms with Gasteiger partial charge in [0.2, 0.25) is 0 Å². The molecule has 94 valence electrons. The minimum Gasteiger partial charge on any atom is -0.480 e. The van der Waals surface area contributed by atoms with Gasteiger partial charge in [-0.15, -0.1) is 0 Å². The maximum absolute atomic E-state index is 11.4. The summed E-state index contributed by atoms with van der Waals surface area (Å²) in [6.45, 7) is 4.03. The van der Waals surface area contributed by atoms with Crippen molar-refractivity contribution in [3.63, 3.8) is 0 Å². The largest absolute Gasteiger partial charge is 0.480 e. The predicted octanol–water partition coefficient (Wildman–Crippen LogP) is 0.574. The fourth-order valence-electron chi connectivity index (χ4n) is 1.26. The third-order valence-electron chi connectivity index (χ3n) is 1.97. The second-order valence-electron chi connectivity index (χ2n) is 3.65. The topological polar surface area (TPSA) is 87.7 Å². The summed E-state index contributed by atoms with van der Waals surface area (Å²) < 4.78 is 4.85. The monoisotopic (exact) mass is 232 g/mol. The summed E-state index contributed by atoms with van der Waals surface area (Å²) in [5.74, 6) is -1.02. The van der Waals surface area contributed by atoms with Crippen LogP contribution in [-0.4, -0.2) is 42.9 Å². The van der Waals surface area contributed by atoms with Crippen LogP contribution in [0.1, 0.15) is 26.7 Å². The molecule has 3 N–H and O–H groups in total. The van der Waals surface area contributed by atoms with Crippen LogP contribution in [0, 0.1) is 0 Å². The van der Waals surface area contributed by atoms with E-state index in [4.69, 9.17) is 9.84 Å². The lowest BCUT2D eigenvalue weighted by Crippen LogP contribution is -2.49. The fourth-order valence-corrected chi connectivity index (χ4v) is 1.26. The first-order valence-corrected chi connectivity index (χ1v) is 5.30. The van der Waals surface area contributed by atoms with Crippen molar-refractivity contribution in [3.05, 3.63) is 0 Å². The fraction of sp³-hybridized carbons (Fsp3) is 0.800. The molecule has 2 amide bonds. The van der Waals surface area contributed by atoms with E-state index in [-0.39, 0.29) is 6.04 Å². The predicted molar refractivity (Wildman–Crippen MR) is 59.3 cm³/mol. The summed E-state index contributed by atoms with van der Waals surface area (Å²) in [5.41, 5.74) is 0. The Kier molecular flexibility index (Phi) is 7.28. The summed E-state index contributed by atoms with van der Waals surface area (Å²) in [4.78, 5) is 22.1. The third-order valence-corrected chi connectivity index (χ3v) is 1.97. The molecular weight excluding hydrogens is 212 g/mol. The second-order valence-corrected chi connectivity index (χ2v) is 3.65. The Morgan fingerprint density at radius 3 is 2.44 bits per heavy atom. The van der Waals surface area contributed by atoms with E-state index in [9.17, 15) is 9.59 Å². The number of nitrogens with one attached hydrogen (secondary N) is 2. The molecule has 0 rings (SSSR count). The molecule has 0 fully saturated rings. The van der Waals surface area contributed by atoms with Gasteiger partial charge in [0, 0.05) is 7.11 Å². The van der Waals surface area contributed by atoms with Gasteiger partial charge in [-0.25, -0.2) is 9.59 Å².